The average Bonchev–Trinajstić information content (AvgIpc) is 2.98. The molecule has 1 unspecified atom stereocenters. The number of anilines is 1. The van der Waals surface area contributed by atoms with Gasteiger partial charge in [0.1, 0.15) is 11.6 Å². The van der Waals surface area contributed by atoms with Crippen LogP contribution in [0, 0.1) is 0 Å². The zero-order valence-corrected chi connectivity index (χ0v) is 11.5. The van der Waals surface area contributed by atoms with Gasteiger partial charge < -0.3 is 19.9 Å². The van der Waals surface area contributed by atoms with E-state index in [0.29, 0.717) is 23.5 Å². The highest BCUT2D eigenvalue weighted by Gasteiger charge is 2.38. The predicted molar refractivity (Wildman–Crippen MR) is 70.3 cm³/mol. The van der Waals surface area contributed by atoms with Gasteiger partial charge in [-0.1, -0.05) is 0 Å². The summed E-state index contributed by atoms with van der Waals surface area (Å²) in [5, 5.41) is 22.2. The summed E-state index contributed by atoms with van der Waals surface area (Å²) in [6.07, 6.45) is 0.439. The number of fused-ring (bicyclic) bond motifs is 1. The van der Waals surface area contributed by atoms with E-state index in [1.807, 2.05) is 0 Å². The molecule has 1 aliphatic rings. The highest BCUT2D eigenvalue weighted by atomic mass is 35.5. The van der Waals surface area contributed by atoms with Gasteiger partial charge in [0.15, 0.2) is 6.23 Å². The Kier molecular flexibility index (Phi) is 3.47. The number of hydrogen-bond acceptors (Lipinski definition) is 6. The lowest BCUT2D eigenvalue weighted by Crippen LogP contribution is -2.42. The van der Waals surface area contributed by atoms with Crippen molar-refractivity contribution in [2.45, 2.75) is 24.9 Å². The van der Waals surface area contributed by atoms with Crippen molar-refractivity contribution in [1.29, 1.82) is 0 Å². The molecule has 3 rings (SSSR count). The number of aromatic amines is 1. The quantitative estimate of drug-likeness (QED) is 0.453. The second kappa shape index (κ2) is 5.13. The summed E-state index contributed by atoms with van der Waals surface area (Å²) in [6, 6.07) is 0. The zero-order valence-electron chi connectivity index (χ0n) is 10.7. The molecule has 9 heteroatoms. The molecule has 0 aromatic carbocycles. The van der Waals surface area contributed by atoms with E-state index in [0.717, 1.165) is 0 Å². The summed E-state index contributed by atoms with van der Waals surface area (Å²) < 4.78 is 7.37. The molecule has 0 aliphatic carbocycles. The van der Waals surface area contributed by atoms with Crippen molar-refractivity contribution in [3.8, 4) is 0 Å². The molecule has 2 aromatic heterocycles. The number of aromatic nitrogens is 4. The fourth-order valence-electron chi connectivity index (χ4n) is 2.34. The van der Waals surface area contributed by atoms with E-state index in [-0.39, 0.29) is 11.9 Å². The average molecular weight is 301 g/mol. The summed E-state index contributed by atoms with van der Waals surface area (Å²) >= 11 is 5.82. The van der Waals surface area contributed by atoms with Gasteiger partial charge in [0.25, 0.3) is 5.65 Å². The molecule has 3 atom stereocenters. The van der Waals surface area contributed by atoms with Crippen LogP contribution in [0.25, 0.3) is 11.2 Å². The van der Waals surface area contributed by atoms with Crippen molar-refractivity contribution >= 4 is 28.7 Å². The Bertz CT molecular complexity index is 634. The molecule has 1 fully saturated rings. The normalized spacial score (nSPS) is 26.3. The number of rotatable bonds is 3. The first-order chi connectivity index (χ1) is 9.62. The molecule has 0 radical (unpaired) electrons. The van der Waals surface area contributed by atoms with E-state index >= 15 is 0 Å². The van der Waals surface area contributed by atoms with E-state index in [9.17, 15) is 5.11 Å². The highest BCUT2D eigenvalue weighted by molar-refractivity contribution is 6.28. The molecule has 108 valence electrons. The van der Waals surface area contributed by atoms with Crippen LogP contribution in [0.2, 0.25) is 5.28 Å². The molecule has 0 saturated carbocycles. The number of halogens is 1. The van der Waals surface area contributed by atoms with Crippen LogP contribution in [0.5, 0.6) is 0 Å². The maximum Gasteiger partial charge on any atom is 0.395 e. The lowest BCUT2D eigenvalue weighted by Gasteiger charge is -2.12. The van der Waals surface area contributed by atoms with Crippen molar-refractivity contribution in [2.24, 2.45) is 0 Å². The van der Waals surface area contributed by atoms with Crippen LogP contribution in [0.3, 0.4) is 0 Å². The van der Waals surface area contributed by atoms with Crippen LogP contribution >= 0.6 is 11.6 Å². The second-order valence-corrected chi connectivity index (χ2v) is 4.96. The number of H-pyrrole nitrogens is 1. The van der Waals surface area contributed by atoms with Crippen molar-refractivity contribution in [2.75, 3.05) is 19.0 Å². The largest absolute Gasteiger partial charge is 0.395 e. The lowest BCUT2D eigenvalue weighted by molar-refractivity contribution is -0.748. The third kappa shape index (κ3) is 2.20. The van der Waals surface area contributed by atoms with E-state index in [1.54, 1.807) is 17.8 Å². The molecule has 8 nitrogen and oxygen atoms in total. The van der Waals surface area contributed by atoms with Crippen LogP contribution in [0.1, 0.15) is 12.6 Å². The first-order valence-corrected chi connectivity index (χ1v) is 6.59. The van der Waals surface area contributed by atoms with Gasteiger partial charge in [-0.25, -0.2) is 4.57 Å². The van der Waals surface area contributed by atoms with Crippen LogP contribution in [0.4, 0.5) is 5.95 Å². The van der Waals surface area contributed by atoms with Gasteiger partial charge in [-0.2, -0.15) is 4.98 Å². The van der Waals surface area contributed by atoms with Gasteiger partial charge >= 0.3 is 5.95 Å². The second-order valence-electron chi connectivity index (χ2n) is 4.60. The molecule has 20 heavy (non-hydrogen) atoms. The van der Waals surface area contributed by atoms with Crippen LogP contribution in [-0.2, 0) is 4.74 Å². The van der Waals surface area contributed by atoms with Gasteiger partial charge in [-0.05, 0) is 16.6 Å². The molecule has 0 bridgehead atoms. The smallest absolute Gasteiger partial charge is 0.394 e. The first kappa shape index (κ1) is 13.5. The van der Waals surface area contributed by atoms with Crippen LogP contribution in [0.15, 0.2) is 6.20 Å². The van der Waals surface area contributed by atoms with Crippen molar-refractivity contribution < 1.29 is 19.5 Å². The molecule has 4 N–H and O–H groups in total. The fourth-order valence-corrected chi connectivity index (χ4v) is 2.52. The summed E-state index contributed by atoms with van der Waals surface area (Å²) in [6.45, 7) is -0.224. The van der Waals surface area contributed by atoms with Gasteiger partial charge in [0.2, 0.25) is 5.28 Å². The van der Waals surface area contributed by atoms with E-state index in [4.69, 9.17) is 21.4 Å². The number of aliphatic hydroxyl groups excluding tert-OH is 2. The summed E-state index contributed by atoms with van der Waals surface area (Å²) in [5.41, 5.74) is 1.16. The van der Waals surface area contributed by atoms with Gasteiger partial charge in [0, 0.05) is 6.42 Å². The molecule has 0 spiro atoms. The molecule has 2 aromatic rings. The zero-order chi connectivity index (χ0) is 14.3. The summed E-state index contributed by atoms with van der Waals surface area (Å²) in [4.78, 5) is 11.3. The minimum Gasteiger partial charge on any atom is -0.394 e. The Labute approximate surface area is 119 Å². The number of nitrogens with one attached hydrogen (secondary N) is 2. The molecule has 3 heterocycles. The minimum atomic E-state index is -0.705. The van der Waals surface area contributed by atoms with Gasteiger partial charge in [0.05, 0.1) is 26.0 Å². The SMILES string of the molecule is CNc1nc2nc(Cl)[nH]c2c[n+]1C1C[C@H](O)[C@@H](CO)O1. The molecular formula is C11H15ClN5O3+. The third-order valence-electron chi connectivity index (χ3n) is 3.33. The predicted octanol–water partition coefficient (Wildman–Crippen LogP) is -0.419. The third-order valence-corrected chi connectivity index (χ3v) is 3.50. The maximum atomic E-state index is 9.82. The number of imidazole rings is 1. The minimum absolute atomic E-state index is 0.224. The van der Waals surface area contributed by atoms with E-state index in [1.165, 1.54) is 0 Å². The Morgan fingerprint density at radius 3 is 3.05 bits per heavy atom. The van der Waals surface area contributed by atoms with Gasteiger partial charge in [-0.3, -0.25) is 5.32 Å². The fraction of sp³-hybridized carbons (Fsp3) is 0.545. The maximum absolute atomic E-state index is 9.82. The van der Waals surface area contributed by atoms with Gasteiger partial charge in [-0.15, -0.1) is 0 Å². The number of ether oxygens (including phenoxy) is 1. The first-order valence-electron chi connectivity index (χ1n) is 6.22. The Hall–Kier alpha value is -1.48. The standard InChI is InChI=1S/C11H14ClN5O3/c1-13-11-16-9-5(14-10(12)15-9)3-17(11)8-2-6(19)7(4-18)20-8/h3,6-8,18-19H,2,4H2,1H3,(H,13,14,15,16)/p+1/t6-,7+,8?/m0/s1. The van der Waals surface area contributed by atoms with Crippen molar-refractivity contribution in [3.63, 3.8) is 0 Å². The number of aliphatic hydroxyl groups is 2. The molecular weight excluding hydrogens is 286 g/mol. The number of nitrogens with zero attached hydrogens (tertiary/aromatic N) is 3. The Balaban J connectivity index is 2.01. The van der Waals surface area contributed by atoms with Crippen LogP contribution < -0.4 is 9.88 Å². The number of hydrogen-bond donors (Lipinski definition) is 4. The van der Waals surface area contributed by atoms with Crippen molar-refractivity contribution in [3.05, 3.63) is 11.5 Å². The van der Waals surface area contributed by atoms with E-state index < -0.39 is 18.4 Å². The topological polar surface area (TPSA) is 107 Å². The summed E-state index contributed by atoms with van der Waals surface area (Å²) in [7, 11) is 1.73. The monoisotopic (exact) mass is 300 g/mol. The van der Waals surface area contributed by atoms with Crippen LogP contribution in [-0.4, -0.2) is 51.0 Å². The van der Waals surface area contributed by atoms with E-state index in [2.05, 4.69) is 20.3 Å². The molecule has 1 saturated heterocycles. The Morgan fingerprint density at radius 2 is 2.40 bits per heavy atom. The molecule has 1 aliphatic heterocycles. The highest BCUT2D eigenvalue weighted by Crippen LogP contribution is 2.26. The lowest BCUT2D eigenvalue weighted by atomic mass is 10.2. The summed E-state index contributed by atoms with van der Waals surface area (Å²) in [5.74, 6) is 0.538. The Morgan fingerprint density at radius 1 is 1.60 bits per heavy atom. The van der Waals surface area contributed by atoms with Crippen molar-refractivity contribution in [1.82, 2.24) is 15.0 Å². The molecule has 0 amide bonds.